The van der Waals surface area contributed by atoms with Crippen LogP contribution in [0.15, 0.2) is 73.1 Å². The quantitative estimate of drug-likeness (QED) is 0.248. The molecule has 11 heteroatoms. The van der Waals surface area contributed by atoms with Crippen LogP contribution >= 0.6 is 46.4 Å². The third kappa shape index (κ3) is 7.48. The normalized spacial score (nSPS) is 15.4. The number of carbonyl (C=O) groups excluding carboxylic acids is 1. The molecule has 0 unspecified atom stereocenters. The molecule has 0 bridgehead atoms. The van der Waals surface area contributed by atoms with E-state index in [1.54, 1.807) is 18.5 Å². The number of halogens is 4. The van der Waals surface area contributed by atoms with Gasteiger partial charge in [-0.25, -0.2) is 4.79 Å². The number of nitrogens with one attached hydrogen (secondary N) is 2. The van der Waals surface area contributed by atoms with Crippen LogP contribution in [0.25, 0.3) is 10.8 Å². The van der Waals surface area contributed by atoms with Gasteiger partial charge in [-0.15, -0.1) is 0 Å². The highest BCUT2D eigenvalue weighted by molar-refractivity contribution is 6.42. The Bertz CT molecular complexity index is 1500. The number of rotatable bonds is 3. The second kappa shape index (κ2) is 13.8. The number of amides is 2. The topological polar surface area (TPSA) is 63.7 Å². The maximum absolute atomic E-state index is 12.7. The van der Waals surface area contributed by atoms with E-state index in [-0.39, 0.29) is 6.03 Å². The maximum atomic E-state index is 12.7. The zero-order valence-corrected chi connectivity index (χ0v) is 25.3. The molecule has 2 N–H and O–H groups in total. The summed E-state index contributed by atoms with van der Waals surface area (Å²) in [5.74, 6) is 0. The van der Waals surface area contributed by atoms with Gasteiger partial charge in [-0.3, -0.25) is 4.98 Å². The molecule has 0 radical (unpaired) electrons. The molecule has 2 aliphatic heterocycles. The Morgan fingerprint density at radius 3 is 1.95 bits per heavy atom. The second-order valence-electron chi connectivity index (χ2n) is 9.74. The summed E-state index contributed by atoms with van der Waals surface area (Å²) in [5.41, 5.74) is 2.97. The summed E-state index contributed by atoms with van der Waals surface area (Å²) in [5, 5.41) is 10.6. The molecule has 3 aromatic carbocycles. The second-order valence-corrected chi connectivity index (χ2v) is 11.4. The molecule has 2 amide bonds. The van der Waals surface area contributed by atoms with E-state index in [0.717, 1.165) is 67.1 Å². The number of fused-ring (bicyclic) bond motifs is 1. The number of nitrogens with zero attached hydrogens (tertiary/aromatic N) is 4. The molecule has 0 aliphatic carbocycles. The van der Waals surface area contributed by atoms with Crippen LogP contribution < -0.4 is 20.4 Å². The average Bonchev–Trinajstić information content (AvgIpc) is 3.01. The van der Waals surface area contributed by atoms with E-state index in [1.165, 1.54) is 0 Å². The Balaban J connectivity index is 0.000000202. The first-order valence-corrected chi connectivity index (χ1v) is 14.9. The highest BCUT2D eigenvalue weighted by Gasteiger charge is 2.22. The number of anilines is 3. The number of aromatic nitrogens is 1. The Hall–Kier alpha value is -2.94. The van der Waals surface area contributed by atoms with Crippen molar-refractivity contribution < 1.29 is 4.79 Å². The molecule has 0 saturated carbocycles. The molecule has 3 heterocycles. The molecular formula is C30H30Cl4N6O. The molecule has 4 aromatic rings. The SMILES string of the molecule is Clc1ccc(N2CCNCC2)cc1Cl.O=C(Nc1cccc2cnccc12)N1CCN(c2ccc(Cl)c(Cl)c2)CC1. The predicted molar refractivity (Wildman–Crippen MR) is 173 cm³/mol. The first-order chi connectivity index (χ1) is 19.9. The van der Waals surface area contributed by atoms with E-state index in [9.17, 15) is 4.79 Å². The zero-order valence-electron chi connectivity index (χ0n) is 22.3. The van der Waals surface area contributed by atoms with Gasteiger partial charge in [0, 0.05) is 86.9 Å². The Morgan fingerprint density at radius 2 is 1.34 bits per heavy atom. The van der Waals surface area contributed by atoms with Crippen molar-refractivity contribution in [3.63, 3.8) is 0 Å². The number of urea groups is 1. The van der Waals surface area contributed by atoms with Crippen molar-refractivity contribution in [2.45, 2.75) is 0 Å². The lowest BCUT2D eigenvalue weighted by atomic mass is 10.1. The maximum Gasteiger partial charge on any atom is 0.321 e. The first kappa shape index (κ1) is 29.5. The standard InChI is InChI=1S/C20H18Cl2N4O.C10H12Cl2N2/c21-17-5-4-15(12-18(17)22)25-8-10-26(11-9-25)20(27)24-19-3-1-2-14-13-23-7-6-16(14)19;11-9-2-1-8(7-10(9)12)14-5-3-13-4-6-14/h1-7,12-13H,8-11H2,(H,24,27);1-2,7,13H,3-6H2. The molecular weight excluding hydrogens is 602 g/mol. The van der Waals surface area contributed by atoms with E-state index in [4.69, 9.17) is 46.4 Å². The van der Waals surface area contributed by atoms with Gasteiger partial charge in [-0.1, -0.05) is 58.5 Å². The molecule has 2 fully saturated rings. The summed E-state index contributed by atoms with van der Waals surface area (Å²) in [6, 6.07) is 19.0. The lowest BCUT2D eigenvalue weighted by Crippen LogP contribution is -2.50. The van der Waals surface area contributed by atoms with Crippen molar-refractivity contribution >= 4 is 80.3 Å². The number of hydrogen-bond donors (Lipinski definition) is 2. The van der Waals surface area contributed by atoms with E-state index in [1.807, 2.05) is 59.5 Å². The van der Waals surface area contributed by atoms with E-state index >= 15 is 0 Å². The highest BCUT2D eigenvalue weighted by atomic mass is 35.5. The summed E-state index contributed by atoms with van der Waals surface area (Å²) >= 11 is 23.9. The average molecular weight is 632 g/mol. The largest absolute Gasteiger partial charge is 0.369 e. The van der Waals surface area contributed by atoms with Crippen molar-refractivity contribution in [2.75, 3.05) is 67.5 Å². The van der Waals surface area contributed by atoms with Crippen LogP contribution in [-0.2, 0) is 0 Å². The van der Waals surface area contributed by atoms with Gasteiger partial charge in [0.05, 0.1) is 25.8 Å². The number of carbonyl (C=O) groups is 1. The zero-order chi connectivity index (χ0) is 28.8. The highest BCUT2D eigenvalue weighted by Crippen LogP contribution is 2.29. The Kier molecular flexibility index (Phi) is 9.96. The fourth-order valence-corrected chi connectivity index (χ4v) is 5.46. The van der Waals surface area contributed by atoms with Gasteiger partial charge in [0.1, 0.15) is 0 Å². The van der Waals surface area contributed by atoms with Crippen LogP contribution in [0.3, 0.4) is 0 Å². The minimum atomic E-state index is -0.0897. The van der Waals surface area contributed by atoms with Gasteiger partial charge in [-0.05, 0) is 48.5 Å². The van der Waals surface area contributed by atoms with Crippen molar-refractivity contribution in [1.29, 1.82) is 0 Å². The molecule has 41 heavy (non-hydrogen) atoms. The van der Waals surface area contributed by atoms with Crippen molar-refractivity contribution in [3.8, 4) is 0 Å². The monoisotopic (exact) mass is 630 g/mol. The van der Waals surface area contributed by atoms with Crippen LogP contribution in [0.2, 0.25) is 20.1 Å². The fourth-order valence-electron chi connectivity index (χ4n) is 4.88. The van der Waals surface area contributed by atoms with Crippen LogP contribution in [0.5, 0.6) is 0 Å². The lowest BCUT2D eigenvalue weighted by Gasteiger charge is -2.36. The van der Waals surface area contributed by atoms with Gasteiger partial charge in [0.2, 0.25) is 0 Å². The molecule has 1 aromatic heterocycles. The van der Waals surface area contributed by atoms with Gasteiger partial charge in [-0.2, -0.15) is 0 Å². The third-order valence-electron chi connectivity index (χ3n) is 7.14. The van der Waals surface area contributed by atoms with Crippen LogP contribution in [0.4, 0.5) is 21.9 Å². The molecule has 0 spiro atoms. The number of benzene rings is 3. The molecule has 6 rings (SSSR count). The van der Waals surface area contributed by atoms with Crippen LogP contribution in [0.1, 0.15) is 0 Å². The van der Waals surface area contributed by atoms with Gasteiger partial charge >= 0.3 is 6.03 Å². The minimum absolute atomic E-state index is 0.0897. The molecule has 214 valence electrons. The number of piperazine rings is 2. The molecule has 0 atom stereocenters. The summed E-state index contributed by atoms with van der Waals surface area (Å²) in [6.45, 7) is 6.86. The van der Waals surface area contributed by atoms with Gasteiger partial charge in [0.25, 0.3) is 0 Å². The summed E-state index contributed by atoms with van der Waals surface area (Å²) < 4.78 is 0. The van der Waals surface area contributed by atoms with Gasteiger partial charge in [0.15, 0.2) is 0 Å². The van der Waals surface area contributed by atoms with Crippen molar-refractivity contribution in [2.24, 2.45) is 0 Å². The Labute approximate surface area is 259 Å². The first-order valence-electron chi connectivity index (χ1n) is 13.4. The predicted octanol–water partition coefficient (Wildman–Crippen LogP) is 7.30. The molecule has 7 nitrogen and oxygen atoms in total. The van der Waals surface area contributed by atoms with E-state index < -0.39 is 0 Å². The molecule has 2 aliphatic rings. The van der Waals surface area contributed by atoms with Gasteiger partial charge < -0.3 is 25.3 Å². The fraction of sp³-hybridized carbons (Fsp3) is 0.267. The summed E-state index contributed by atoms with van der Waals surface area (Å²) in [4.78, 5) is 23.2. The van der Waals surface area contributed by atoms with Crippen molar-refractivity contribution in [3.05, 3.63) is 93.1 Å². The van der Waals surface area contributed by atoms with E-state index in [2.05, 4.69) is 25.4 Å². The van der Waals surface area contributed by atoms with Crippen LogP contribution in [-0.4, -0.2) is 68.3 Å². The third-order valence-corrected chi connectivity index (χ3v) is 8.62. The van der Waals surface area contributed by atoms with E-state index in [0.29, 0.717) is 33.2 Å². The summed E-state index contributed by atoms with van der Waals surface area (Å²) in [6.07, 6.45) is 3.52. The Morgan fingerprint density at radius 1 is 0.732 bits per heavy atom. The number of hydrogen-bond acceptors (Lipinski definition) is 5. The smallest absolute Gasteiger partial charge is 0.321 e. The minimum Gasteiger partial charge on any atom is -0.369 e. The van der Waals surface area contributed by atoms with Crippen LogP contribution in [0, 0.1) is 0 Å². The summed E-state index contributed by atoms with van der Waals surface area (Å²) in [7, 11) is 0. The lowest BCUT2D eigenvalue weighted by molar-refractivity contribution is 0.208. The molecule has 2 saturated heterocycles. The van der Waals surface area contributed by atoms with Crippen molar-refractivity contribution in [1.82, 2.24) is 15.2 Å². The number of pyridine rings is 1.